The molecule has 3 aliphatic carbocycles. The second-order valence-corrected chi connectivity index (χ2v) is 10.4. The van der Waals surface area contributed by atoms with Gasteiger partial charge in [0.1, 0.15) is 22.9 Å². The number of carbonyl (C=O) groups excluding carboxylic acids is 4. The van der Waals surface area contributed by atoms with Crippen molar-refractivity contribution in [2.75, 3.05) is 40.1 Å². The van der Waals surface area contributed by atoms with Gasteiger partial charge in [0, 0.05) is 23.1 Å². The van der Waals surface area contributed by atoms with Crippen LogP contribution < -0.4 is 11.1 Å². The van der Waals surface area contributed by atoms with Gasteiger partial charge in [-0.15, -0.1) is 0 Å². The minimum Gasteiger partial charge on any atom is -0.508 e. The molecule has 38 heavy (non-hydrogen) atoms. The quantitative estimate of drug-likeness (QED) is 0.215. The predicted molar refractivity (Wildman–Crippen MR) is 131 cm³/mol. The number of fused-ring (bicyclic) bond motifs is 3. The van der Waals surface area contributed by atoms with Crippen molar-refractivity contribution in [3.05, 3.63) is 39.9 Å². The largest absolute Gasteiger partial charge is 0.508 e. The molecule has 4 rings (SSSR count). The fourth-order valence-corrected chi connectivity index (χ4v) is 5.84. The molecule has 1 saturated carbocycles. The third-order valence-electron chi connectivity index (χ3n) is 7.40. The average molecular weight is 533 g/mol. The Morgan fingerprint density at radius 3 is 2.37 bits per heavy atom. The standard InChI is InChI=1S/C25H29FN4O8/c1-29(2)8-14(31)28-13-7-12(26)10-5-9-6-11-18(30(3)4)21(34)17(24(27)37)23(36)25(11,38)22(35)15(9)20(33)16(10)19(13)32/h7,9,11,18,32-33,36,38H,5-6,8H2,1-4H3,(H2,27,37)(H,28,31)/t9-,11-,18-,25-/m0/s1. The van der Waals surface area contributed by atoms with E-state index >= 15 is 4.39 Å². The number of nitrogens with two attached hydrogens (primary N) is 1. The van der Waals surface area contributed by atoms with Crippen molar-refractivity contribution in [3.8, 4) is 5.75 Å². The lowest BCUT2D eigenvalue weighted by Crippen LogP contribution is -2.65. The Labute approximate surface area is 216 Å². The maximum atomic E-state index is 15.2. The highest BCUT2D eigenvalue weighted by atomic mass is 19.1. The predicted octanol–water partition coefficient (Wildman–Crippen LogP) is -0.397. The lowest BCUT2D eigenvalue weighted by atomic mass is 9.57. The lowest BCUT2D eigenvalue weighted by Gasteiger charge is -2.50. The molecule has 0 heterocycles. The summed E-state index contributed by atoms with van der Waals surface area (Å²) in [6.45, 7) is -0.0836. The molecule has 0 spiro atoms. The molecule has 7 N–H and O–H groups in total. The second kappa shape index (κ2) is 9.19. The van der Waals surface area contributed by atoms with Crippen LogP contribution in [-0.4, -0.2) is 100.0 Å². The minimum atomic E-state index is -2.80. The van der Waals surface area contributed by atoms with E-state index in [1.807, 2.05) is 0 Å². The number of primary amides is 1. The van der Waals surface area contributed by atoms with Gasteiger partial charge in [0.25, 0.3) is 5.91 Å². The van der Waals surface area contributed by atoms with Crippen molar-refractivity contribution in [1.29, 1.82) is 0 Å². The van der Waals surface area contributed by atoms with Crippen molar-refractivity contribution in [3.63, 3.8) is 0 Å². The summed E-state index contributed by atoms with van der Waals surface area (Å²) in [5.41, 5.74) is 0.248. The number of nitrogens with zero attached hydrogens (tertiary/aromatic N) is 2. The Morgan fingerprint density at radius 1 is 1.18 bits per heavy atom. The van der Waals surface area contributed by atoms with E-state index in [1.165, 1.54) is 19.0 Å². The number of hydrogen-bond donors (Lipinski definition) is 6. The first-order valence-electron chi connectivity index (χ1n) is 11.8. The molecule has 1 aromatic rings. The van der Waals surface area contributed by atoms with Crippen molar-refractivity contribution in [1.82, 2.24) is 9.80 Å². The molecule has 12 nitrogen and oxygen atoms in total. The number of phenols is 1. The van der Waals surface area contributed by atoms with Gasteiger partial charge in [-0.05, 0) is 47.0 Å². The van der Waals surface area contributed by atoms with E-state index < -0.39 is 86.7 Å². The van der Waals surface area contributed by atoms with Crippen LogP contribution >= 0.6 is 0 Å². The maximum Gasteiger partial charge on any atom is 0.255 e. The molecule has 0 saturated heterocycles. The van der Waals surface area contributed by atoms with Crippen molar-refractivity contribution >= 4 is 34.8 Å². The fraction of sp³-hybridized carbons (Fsp3) is 0.440. The molecule has 0 radical (unpaired) electrons. The van der Waals surface area contributed by atoms with E-state index in [0.29, 0.717) is 0 Å². The number of Topliss-reactive ketones (excluding diaryl/α,β-unsaturated/α-hetero) is 2. The number of halogens is 1. The zero-order valence-electron chi connectivity index (χ0n) is 21.2. The van der Waals surface area contributed by atoms with E-state index in [2.05, 4.69) is 5.32 Å². The average Bonchev–Trinajstić information content (AvgIpc) is 2.78. The van der Waals surface area contributed by atoms with Gasteiger partial charge < -0.3 is 36.4 Å². The Morgan fingerprint density at radius 2 is 1.82 bits per heavy atom. The summed E-state index contributed by atoms with van der Waals surface area (Å²) >= 11 is 0. The molecular formula is C25H29FN4O8. The van der Waals surface area contributed by atoms with Crippen molar-refractivity contribution < 1.29 is 44.0 Å². The molecule has 1 aromatic carbocycles. The molecule has 0 bridgehead atoms. The van der Waals surface area contributed by atoms with Gasteiger partial charge in [0.15, 0.2) is 17.1 Å². The molecule has 4 atom stereocenters. The molecule has 0 unspecified atom stereocenters. The van der Waals surface area contributed by atoms with Crippen LogP contribution in [0.2, 0.25) is 0 Å². The highest BCUT2D eigenvalue weighted by molar-refractivity contribution is 6.24. The monoisotopic (exact) mass is 532 g/mol. The van der Waals surface area contributed by atoms with Crippen LogP contribution in [-0.2, 0) is 25.6 Å². The van der Waals surface area contributed by atoms with Crippen molar-refractivity contribution in [2.24, 2.45) is 17.6 Å². The van der Waals surface area contributed by atoms with Crippen LogP contribution in [0.25, 0.3) is 5.76 Å². The first kappa shape index (κ1) is 27.2. The van der Waals surface area contributed by atoms with Gasteiger partial charge in [-0.2, -0.15) is 0 Å². The zero-order valence-corrected chi connectivity index (χ0v) is 21.2. The summed E-state index contributed by atoms with van der Waals surface area (Å²) < 4.78 is 15.2. The van der Waals surface area contributed by atoms with E-state index in [1.54, 1.807) is 19.0 Å². The summed E-state index contributed by atoms with van der Waals surface area (Å²) in [5.74, 6) is -9.78. The number of amides is 2. The van der Waals surface area contributed by atoms with Gasteiger partial charge in [-0.3, -0.25) is 24.1 Å². The minimum absolute atomic E-state index is 0.0836. The summed E-state index contributed by atoms with van der Waals surface area (Å²) in [5, 5.41) is 46.8. The number of aliphatic hydroxyl groups excluding tert-OH is 2. The number of ketones is 2. The fourth-order valence-electron chi connectivity index (χ4n) is 5.84. The Kier molecular flexibility index (Phi) is 6.58. The van der Waals surface area contributed by atoms with E-state index in [0.717, 1.165) is 6.07 Å². The van der Waals surface area contributed by atoms with Gasteiger partial charge in [-0.25, -0.2) is 4.39 Å². The van der Waals surface area contributed by atoms with Crippen LogP contribution in [0.5, 0.6) is 5.75 Å². The number of anilines is 1. The van der Waals surface area contributed by atoms with Crippen LogP contribution in [0, 0.1) is 17.7 Å². The number of aliphatic hydroxyl groups is 3. The third-order valence-corrected chi connectivity index (χ3v) is 7.40. The number of benzene rings is 1. The normalized spacial score (nSPS) is 26.9. The highest BCUT2D eigenvalue weighted by Gasteiger charge is 2.64. The van der Waals surface area contributed by atoms with Gasteiger partial charge in [0.2, 0.25) is 11.7 Å². The smallest absolute Gasteiger partial charge is 0.255 e. The van der Waals surface area contributed by atoms with Gasteiger partial charge >= 0.3 is 0 Å². The number of phenolic OH excluding ortho intramolecular Hbond substituents is 1. The SMILES string of the molecule is CN(C)CC(=O)Nc1cc(F)c2c(c1O)C(O)=C1C(=O)[C@]3(O)C(O)=C(C(N)=O)C(=O)[C@@H](N(C)C)[C@@H]3C[C@@H]1C2. The number of carbonyl (C=O) groups is 4. The third kappa shape index (κ3) is 3.85. The molecule has 0 aliphatic heterocycles. The number of aromatic hydroxyl groups is 1. The summed E-state index contributed by atoms with van der Waals surface area (Å²) in [4.78, 5) is 54.0. The molecule has 2 amide bonds. The second-order valence-electron chi connectivity index (χ2n) is 10.4. The van der Waals surface area contributed by atoms with Crippen LogP contribution in [0.15, 0.2) is 23.0 Å². The molecule has 3 aliphatic rings. The Bertz CT molecular complexity index is 1350. The zero-order chi connectivity index (χ0) is 28.4. The van der Waals surface area contributed by atoms with E-state index in [9.17, 15) is 39.6 Å². The van der Waals surface area contributed by atoms with Gasteiger partial charge in [-0.1, -0.05) is 0 Å². The molecule has 0 aromatic heterocycles. The van der Waals surface area contributed by atoms with E-state index in [4.69, 9.17) is 5.73 Å². The number of nitrogens with one attached hydrogen (secondary N) is 1. The number of hydrogen-bond acceptors (Lipinski definition) is 10. The summed E-state index contributed by atoms with van der Waals surface area (Å²) in [7, 11) is 6.22. The van der Waals surface area contributed by atoms with Gasteiger partial charge in [0.05, 0.1) is 23.8 Å². The molecular weight excluding hydrogens is 503 g/mol. The molecule has 13 heteroatoms. The Balaban J connectivity index is 1.90. The van der Waals surface area contributed by atoms with E-state index in [-0.39, 0.29) is 30.6 Å². The van der Waals surface area contributed by atoms with Crippen LogP contribution in [0.1, 0.15) is 17.5 Å². The summed E-state index contributed by atoms with van der Waals surface area (Å²) in [6.07, 6.45) is -0.354. The highest BCUT2D eigenvalue weighted by Crippen LogP contribution is 2.53. The maximum absolute atomic E-state index is 15.2. The van der Waals surface area contributed by atoms with Crippen molar-refractivity contribution in [2.45, 2.75) is 24.5 Å². The molecule has 204 valence electrons. The summed E-state index contributed by atoms with van der Waals surface area (Å²) in [6, 6.07) is -0.332. The first-order valence-corrected chi connectivity index (χ1v) is 11.8. The Hall–Kier alpha value is -3.81. The molecule has 1 fully saturated rings. The first-order chi connectivity index (χ1) is 17.6. The topological polar surface area (TPSA) is 194 Å². The number of rotatable bonds is 5. The number of likely N-dealkylation sites (N-methyl/N-ethyl adjacent to an activating group) is 2. The lowest BCUT2D eigenvalue weighted by molar-refractivity contribution is -0.153. The van der Waals surface area contributed by atoms with Crippen LogP contribution in [0.4, 0.5) is 10.1 Å². The van der Waals surface area contributed by atoms with Crippen LogP contribution in [0.3, 0.4) is 0 Å².